The van der Waals surface area contributed by atoms with Gasteiger partial charge in [0.2, 0.25) is 5.91 Å². The highest BCUT2D eigenvalue weighted by molar-refractivity contribution is 6.00. The van der Waals surface area contributed by atoms with Gasteiger partial charge in [-0.05, 0) is 70.8 Å². The van der Waals surface area contributed by atoms with E-state index < -0.39 is 0 Å². The molecule has 2 aliphatic heterocycles. The molecule has 170 valence electrons. The first-order valence-corrected chi connectivity index (χ1v) is 12.1. The van der Waals surface area contributed by atoms with Crippen LogP contribution in [0.4, 0.5) is 5.69 Å². The number of nitrogens with zero attached hydrogens (tertiary/aromatic N) is 3. The number of para-hydroxylation sites is 1. The zero-order valence-electron chi connectivity index (χ0n) is 19.2. The highest BCUT2D eigenvalue weighted by atomic mass is 16.2. The molecule has 0 atom stereocenters. The van der Waals surface area contributed by atoms with Gasteiger partial charge in [0.15, 0.2) is 0 Å². The van der Waals surface area contributed by atoms with E-state index >= 15 is 0 Å². The average molecular weight is 427 g/mol. The Kier molecular flexibility index (Phi) is 7.16. The standard InChI is InChI=1S/C25H38N4O2/c1-27-15-13-21(14-16-27)28(2)25(31)22-9-5-6-10-23(22)29-17-11-20(12-18-29)26-24(30)19-7-3-4-8-19/h5-6,9-10,19-21H,3-4,7-8,11-18H2,1-2H3,(H,26,30). The second kappa shape index (κ2) is 10.0. The van der Waals surface area contributed by atoms with Crippen LogP contribution in [0.15, 0.2) is 24.3 Å². The number of carbonyl (C=O) groups excluding carboxylic acids is 2. The van der Waals surface area contributed by atoms with E-state index in [9.17, 15) is 9.59 Å². The van der Waals surface area contributed by atoms with Crippen LogP contribution in [0.5, 0.6) is 0 Å². The fraction of sp³-hybridized carbons (Fsp3) is 0.680. The number of anilines is 1. The molecule has 0 spiro atoms. The molecule has 1 saturated carbocycles. The molecule has 2 amide bonds. The SMILES string of the molecule is CN1CCC(N(C)C(=O)c2ccccc2N2CCC(NC(=O)C3CCCC3)CC2)CC1. The number of hydrogen-bond acceptors (Lipinski definition) is 4. The summed E-state index contributed by atoms with van der Waals surface area (Å²) in [5.41, 5.74) is 1.84. The van der Waals surface area contributed by atoms with Crippen LogP contribution in [-0.2, 0) is 4.79 Å². The molecule has 1 aromatic rings. The number of hydrogen-bond donors (Lipinski definition) is 1. The zero-order valence-corrected chi connectivity index (χ0v) is 19.2. The van der Waals surface area contributed by atoms with Crippen molar-refractivity contribution < 1.29 is 9.59 Å². The Balaban J connectivity index is 1.36. The van der Waals surface area contributed by atoms with Crippen molar-refractivity contribution in [3.63, 3.8) is 0 Å². The number of amides is 2. The number of rotatable bonds is 5. The average Bonchev–Trinajstić information content (AvgIpc) is 3.34. The maximum Gasteiger partial charge on any atom is 0.255 e. The van der Waals surface area contributed by atoms with Gasteiger partial charge < -0.3 is 20.0 Å². The summed E-state index contributed by atoms with van der Waals surface area (Å²) in [5.74, 6) is 0.611. The Labute approximate surface area is 187 Å². The minimum atomic E-state index is 0.127. The summed E-state index contributed by atoms with van der Waals surface area (Å²) < 4.78 is 0. The van der Waals surface area contributed by atoms with Crippen LogP contribution in [0.3, 0.4) is 0 Å². The molecule has 0 bridgehead atoms. The van der Waals surface area contributed by atoms with E-state index in [-0.39, 0.29) is 23.8 Å². The van der Waals surface area contributed by atoms with Crippen molar-refractivity contribution in [3.05, 3.63) is 29.8 Å². The van der Waals surface area contributed by atoms with E-state index in [1.807, 2.05) is 30.1 Å². The van der Waals surface area contributed by atoms with E-state index in [0.717, 1.165) is 76.0 Å². The molecule has 3 aliphatic rings. The zero-order chi connectivity index (χ0) is 21.8. The lowest BCUT2D eigenvalue weighted by Gasteiger charge is -2.37. The topological polar surface area (TPSA) is 55.9 Å². The predicted octanol–water partition coefficient (Wildman–Crippen LogP) is 3.13. The van der Waals surface area contributed by atoms with Crippen LogP contribution in [0.25, 0.3) is 0 Å². The fourth-order valence-electron chi connectivity index (χ4n) is 5.44. The van der Waals surface area contributed by atoms with Gasteiger partial charge in [-0.25, -0.2) is 0 Å². The molecule has 6 nitrogen and oxygen atoms in total. The summed E-state index contributed by atoms with van der Waals surface area (Å²) in [5, 5.41) is 3.29. The number of benzene rings is 1. The maximum absolute atomic E-state index is 13.4. The van der Waals surface area contributed by atoms with Gasteiger partial charge in [-0.2, -0.15) is 0 Å². The van der Waals surface area contributed by atoms with Crippen LogP contribution in [0.1, 0.15) is 61.7 Å². The minimum Gasteiger partial charge on any atom is -0.371 e. The molecule has 1 aromatic carbocycles. The Hall–Kier alpha value is -2.08. The molecule has 2 heterocycles. The highest BCUT2D eigenvalue weighted by Gasteiger charge is 2.30. The first-order valence-electron chi connectivity index (χ1n) is 12.1. The molecule has 3 fully saturated rings. The number of nitrogens with one attached hydrogen (secondary N) is 1. The number of likely N-dealkylation sites (tertiary alicyclic amines) is 1. The molecule has 6 heteroatoms. The normalized spacial score (nSPS) is 21.9. The van der Waals surface area contributed by atoms with E-state index in [2.05, 4.69) is 28.2 Å². The van der Waals surface area contributed by atoms with Gasteiger partial charge >= 0.3 is 0 Å². The molecule has 4 rings (SSSR count). The Morgan fingerprint density at radius 1 is 0.935 bits per heavy atom. The molecule has 1 aliphatic carbocycles. The summed E-state index contributed by atoms with van der Waals surface area (Å²) in [7, 11) is 4.10. The minimum absolute atomic E-state index is 0.127. The third-order valence-electron chi connectivity index (χ3n) is 7.60. The van der Waals surface area contributed by atoms with Gasteiger partial charge in [0.05, 0.1) is 5.56 Å². The predicted molar refractivity (Wildman–Crippen MR) is 124 cm³/mol. The van der Waals surface area contributed by atoms with Crippen molar-refractivity contribution in [3.8, 4) is 0 Å². The summed E-state index contributed by atoms with van der Waals surface area (Å²) in [6.07, 6.45) is 8.41. The van der Waals surface area contributed by atoms with Crippen molar-refractivity contribution >= 4 is 17.5 Å². The first-order chi connectivity index (χ1) is 15.0. The molecular formula is C25H38N4O2. The first kappa shape index (κ1) is 22.1. The van der Waals surface area contributed by atoms with Gasteiger partial charge in [0.1, 0.15) is 0 Å². The third kappa shape index (κ3) is 5.22. The molecule has 0 unspecified atom stereocenters. The van der Waals surface area contributed by atoms with E-state index in [1.54, 1.807) is 0 Å². The Bertz CT molecular complexity index is 761. The van der Waals surface area contributed by atoms with Crippen molar-refractivity contribution in [1.29, 1.82) is 0 Å². The molecule has 31 heavy (non-hydrogen) atoms. The summed E-state index contributed by atoms with van der Waals surface area (Å²) in [6, 6.07) is 8.61. The van der Waals surface area contributed by atoms with Crippen LogP contribution in [0, 0.1) is 5.92 Å². The van der Waals surface area contributed by atoms with Crippen molar-refractivity contribution in [2.45, 2.75) is 63.5 Å². The smallest absolute Gasteiger partial charge is 0.255 e. The summed E-state index contributed by atoms with van der Waals surface area (Å²) in [6.45, 7) is 3.84. The Morgan fingerprint density at radius 2 is 1.58 bits per heavy atom. The fourth-order valence-corrected chi connectivity index (χ4v) is 5.44. The number of carbonyl (C=O) groups is 2. The molecular weight excluding hydrogens is 388 g/mol. The maximum atomic E-state index is 13.4. The van der Waals surface area contributed by atoms with Crippen molar-refractivity contribution in [2.75, 3.05) is 45.2 Å². The van der Waals surface area contributed by atoms with Crippen molar-refractivity contribution in [2.24, 2.45) is 5.92 Å². The molecule has 2 saturated heterocycles. The lowest BCUT2D eigenvalue weighted by atomic mass is 9.99. The van der Waals surface area contributed by atoms with Gasteiger partial charge in [-0.3, -0.25) is 9.59 Å². The molecule has 0 aromatic heterocycles. The third-order valence-corrected chi connectivity index (χ3v) is 7.60. The van der Waals surface area contributed by atoms with E-state index in [1.165, 1.54) is 12.8 Å². The second-order valence-corrected chi connectivity index (χ2v) is 9.72. The van der Waals surface area contributed by atoms with Crippen LogP contribution in [-0.4, -0.2) is 74.0 Å². The lowest BCUT2D eigenvalue weighted by Crippen LogP contribution is -2.47. The second-order valence-electron chi connectivity index (χ2n) is 9.72. The van der Waals surface area contributed by atoms with Gasteiger partial charge in [0.25, 0.3) is 5.91 Å². The molecule has 0 radical (unpaired) electrons. The number of piperidine rings is 2. The monoisotopic (exact) mass is 426 g/mol. The van der Waals surface area contributed by atoms with Crippen LogP contribution >= 0.6 is 0 Å². The van der Waals surface area contributed by atoms with Gasteiger partial charge in [0, 0.05) is 43.8 Å². The quantitative estimate of drug-likeness (QED) is 0.786. The Morgan fingerprint density at radius 3 is 2.26 bits per heavy atom. The summed E-state index contributed by atoms with van der Waals surface area (Å²) >= 11 is 0. The molecule has 1 N–H and O–H groups in total. The highest BCUT2D eigenvalue weighted by Crippen LogP contribution is 2.28. The van der Waals surface area contributed by atoms with E-state index in [4.69, 9.17) is 0 Å². The largest absolute Gasteiger partial charge is 0.371 e. The van der Waals surface area contributed by atoms with Crippen LogP contribution < -0.4 is 10.2 Å². The van der Waals surface area contributed by atoms with Gasteiger partial charge in [-0.1, -0.05) is 25.0 Å². The summed E-state index contributed by atoms with van der Waals surface area (Å²) in [4.78, 5) is 32.5. The van der Waals surface area contributed by atoms with E-state index in [0.29, 0.717) is 6.04 Å². The lowest BCUT2D eigenvalue weighted by molar-refractivity contribution is -0.125. The van der Waals surface area contributed by atoms with Gasteiger partial charge in [-0.15, -0.1) is 0 Å². The van der Waals surface area contributed by atoms with Crippen LogP contribution in [0.2, 0.25) is 0 Å². The van der Waals surface area contributed by atoms with Crippen molar-refractivity contribution in [1.82, 2.24) is 15.1 Å².